The van der Waals surface area contributed by atoms with Crippen molar-refractivity contribution < 1.29 is 15.0 Å². The Kier molecular flexibility index (Phi) is 4.63. The molecule has 0 saturated heterocycles. The summed E-state index contributed by atoms with van der Waals surface area (Å²) in [5.41, 5.74) is 2.14. The summed E-state index contributed by atoms with van der Waals surface area (Å²) < 4.78 is 2.18. The Hall–Kier alpha value is -2.07. The van der Waals surface area contributed by atoms with E-state index in [4.69, 9.17) is 0 Å². The van der Waals surface area contributed by atoms with Crippen LogP contribution in [0.15, 0.2) is 42.6 Å². The summed E-state index contributed by atoms with van der Waals surface area (Å²) in [4.78, 5) is 11.6. The summed E-state index contributed by atoms with van der Waals surface area (Å²) in [5.74, 6) is -0.489. The second-order valence-electron chi connectivity index (χ2n) is 8.55. The molecule has 2 heterocycles. The molecular formula is C23H29NO3. The number of hydrogen-bond acceptors (Lipinski definition) is 2. The summed E-state index contributed by atoms with van der Waals surface area (Å²) >= 11 is 0. The summed E-state index contributed by atoms with van der Waals surface area (Å²) in [6.45, 7) is 2.94. The van der Waals surface area contributed by atoms with Crippen LogP contribution in [0.25, 0.3) is 0 Å². The highest BCUT2D eigenvalue weighted by molar-refractivity contribution is 5.87. The van der Waals surface area contributed by atoms with Crippen molar-refractivity contribution in [3.05, 3.63) is 59.4 Å². The smallest absolute Gasteiger partial charge is 0.337 e. The van der Waals surface area contributed by atoms with Crippen molar-refractivity contribution in [2.75, 3.05) is 0 Å². The van der Waals surface area contributed by atoms with Crippen LogP contribution in [0.3, 0.4) is 0 Å². The number of aryl methyl sites for hydroxylation is 1. The molecule has 0 unspecified atom stereocenters. The minimum Gasteiger partial charge on any atom is -0.478 e. The van der Waals surface area contributed by atoms with Crippen molar-refractivity contribution in [1.82, 2.24) is 4.57 Å². The quantitative estimate of drug-likeness (QED) is 0.842. The first-order valence-electron chi connectivity index (χ1n) is 10.2. The van der Waals surface area contributed by atoms with Crippen molar-refractivity contribution in [2.24, 2.45) is 5.92 Å². The monoisotopic (exact) mass is 367 g/mol. The average Bonchev–Trinajstić information content (AvgIpc) is 3.05. The van der Waals surface area contributed by atoms with Gasteiger partial charge in [-0.15, -0.1) is 0 Å². The predicted octanol–water partition coefficient (Wildman–Crippen LogP) is 4.40. The van der Waals surface area contributed by atoms with Crippen molar-refractivity contribution >= 4 is 5.97 Å². The molecule has 0 radical (unpaired) electrons. The number of benzene rings is 1. The molecular weight excluding hydrogens is 338 g/mol. The maximum atomic E-state index is 11.6. The van der Waals surface area contributed by atoms with Gasteiger partial charge in [-0.25, -0.2) is 4.79 Å². The lowest BCUT2D eigenvalue weighted by Crippen LogP contribution is -2.49. The second kappa shape index (κ2) is 6.83. The Morgan fingerprint density at radius 3 is 2.74 bits per heavy atom. The van der Waals surface area contributed by atoms with Crippen molar-refractivity contribution in [3.8, 4) is 0 Å². The highest BCUT2D eigenvalue weighted by atomic mass is 16.4. The number of aliphatic hydroxyl groups is 1. The standard InChI is InChI=1S/C23H29NO3/c1-2-22(27)10-11-23(14-17-7-4-3-5-8-17)19(15-22)9-6-12-24-16-18(21(25)26)13-20(23)24/h3-5,7-8,13,16,19,27H,2,6,9-12,14-15H2,1H3,(H,25,26)/t19-,22+,23-/m1/s1. The van der Waals surface area contributed by atoms with Gasteiger partial charge in [-0.3, -0.25) is 0 Å². The Labute approximate surface area is 160 Å². The van der Waals surface area contributed by atoms with E-state index >= 15 is 0 Å². The molecule has 1 aliphatic heterocycles. The first-order chi connectivity index (χ1) is 13.0. The number of nitrogens with zero attached hydrogens (tertiary/aromatic N) is 1. The number of rotatable bonds is 4. The average molecular weight is 367 g/mol. The normalized spacial score (nSPS) is 30.2. The van der Waals surface area contributed by atoms with Gasteiger partial charge in [0, 0.05) is 23.9 Å². The maximum absolute atomic E-state index is 11.6. The lowest BCUT2D eigenvalue weighted by molar-refractivity contribution is -0.0502. The molecule has 3 atom stereocenters. The second-order valence-corrected chi connectivity index (χ2v) is 8.55. The molecule has 1 aliphatic carbocycles. The van der Waals surface area contributed by atoms with Gasteiger partial charge in [0.25, 0.3) is 0 Å². The highest BCUT2D eigenvalue weighted by Gasteiger charge is 2.50. The molecule has 2 aliphatic rings. The fraction of sp³-hybridized carbons (Fsp3) is 0.522. The number of carboxylic acid groups (broad SMARTS) is 1. The predicted molar refractivity (Wildman–Crippen MR) is 105 cm³/mol. The lowest BCUT2D eigenvalue weighted by atomic mass is 9.57. The molecule has 144 valence electrons. The number of hydrogen-bond donors (Lipinski definition) is 2. The van der Waals surface area contributed by atoms with Crippen molar-refractivity contribution in [3.63, 3.8) is 0 Å². The third kappa shape index (κ3) is 3.20. The Morgan fingerprint density at radius 1 is 1.26 bits per heavy atom. The van der Waals surface area contributed by atoms with Gasteiger partial charge in [0.1, 0.15) is 0 Å². The van der Waals surface area contributed by atoms with Gasteiger partial charge >= 0.3 is 5.97 Å². The van der Waals surface area contributed by atoms with Gasteiger partial charge in [-0.05, 0) is 62.5 Å². The molecule has 2 N–H and O–H groups in total. The summed E-state index contributed by atoms with van der Waals surface area (Å²) in [5, 5.41) is 20.6. The Morgan fingerprint density at radius 2 is 2.04 bits per heavy atom. The first kappa shape index (κ1) is 18.3. The first-order valence-corrected chi connectivity index (χ1v) is 10.2. The van der Waals surface area contributed by atoms with Crippen LogP contribution in [-0.4, -0.2) is 26.4 Å². The van der Waals surface area contributed by atoms with E-state index in [9.17, 15) is 15.0 Å². The Balaban J connectivity index is 1.83. The van der Waals surface area contributed by atoms with Crippen molar-refractivity contribution in [1.29, 1.82) is 0 Å². The van der Waals surface area contributed by atoms with Crippen LogP contribution in [0.1, 0.15) is 67.1 Å². The van der Waals surface area contributed by atoms with Gasteiger partial charge < -0.3 is 14.8 Å². The van der Waals surface area contributed by atoms with E-state index < -0.39 is 11.6 Å². The molecule has 4 heteroatoms. The zero-order valence-electron chi connectivity index (χ0n) is 16.0. The lowest BCUT2D eigenvalue weighted by Gasteiger charge is -2.49. The van der Waals surface area contributed by atoms with E-state index in [1.807, 2.05) is 18.3 Å². The maximum Gasteiger partial charge on any atom is 0.337 e. The van der Waals surface area contributed by atoms with Gasteiger partial charge in [0.2, 0.25) is 0 Å². The number of fused-ring (bicyclic) bond motifs is 3. The molecule has 4 rings (SSSR count). The van der Waals surface area contributed by atoms with Crippen molar-refractivity contribution in [2.45, 2.75) is 69.4 Å². The van der Waals surface area contributed by atoms with Crippen LogP contribution < -0.4 is 0 Å². The fourth-order valence-corrected chi connectivity index (χ4v) is 5.48. The summed E-state index contributed by atoms with van der Waals surface area (Å²) in [6.07, 6.45) is 8.10. The SMILES string of the molecule is CC[C@]1(O)CC[C@]2(Cc3ccccc3)c3cc(C(=O)O)cn3CCC[C@@H]2C1. The molecule has 1 saturated carbocycles. The molecule has 1 aromatic heterocycles. The minimum absolute atomic E-state index is 0.104. The molecule has 0 spiro atoms. The minimum atomic E-state index is -0.858. The van der Waals surface area contributed by atoms with Crippen LogP contribution in [-0.2, 0) is 18.4 Å². The molecule has 2 aromatic rings. The molecule has 27 heavy (non-hydrogen) atoms. The molecule has 4 nitrogen and oxygen atoms in total. The topological polar surface area (TPSA) is 62.5 Å². The molecule has 0 bridgehead atoms. The van der Waals surface area contributed by atoms with Crippen LogP contribution in [0.5, 0.6) is 0 Å². The third-order valence-electron chi connectivity index (χ3n) is 7.07. The molecule has 1 fully saturated rings. The van der Waals surface area contributed by atoms with Crippen LogP contribution >= 0.6 is 0 Å². The van der Waals surface area contributed by atoms with E-state index in [1.54, 1.807) is 0 Å². The number of aromatic carboxylic acids is 1. The molecule has 1 aromatic carbocycles. The van der Waals surface area contributed by atoms with Crippen LogP contribution in [0.4, 0.5) is 0 Å². The summed E-state index contributed by atoms with van der Waals surface area (Å²) in [6, 6.07) is 12.4. The fourth-order valence-electron chi connectivity index (χ4n) is 5.48. The third-order valence-corrected chi connectivity index (χ3v) is 7.07. The summed E-state index contributed by atoms with van der Waals surface area (Å²) in [7, 11) is 0. The Bertz CT molecular complexity index is 827. The number of carbonyl (C=O) groups is 1. The van der Waals surface area contributed by atoms with Crippen LogP contribution in [0, 0.1) is 5.92 Å². The van der Waals surface area contributed by atoms with E-state index in [1.165, 1.54) is 5.56 Å². The zero-order valence-corrected chi connectivity index (χ0v) is 16.0. The van der Waals surface area contributed by atoms with Gasteiger partial charge in [0.15, 0.2) is 0 Å². The largest absolute Gasteiger partial charge is 0.478 e. The van der Waals surface area contributed by atoms with E-state index in [0.717, 1.165) is 57.2 Å². The van der Waals surface area contributed by atoms with Gasteiger partial charge in [0.05, 0.1) is 11.2 Å². The number of carboxylic acids is 1. The highest BCUT2D eigenvalue weighted by Crippen LogP contribution is 2.53. The zero-order chi connectivity index (χ0) is 19.1. The van der Waals surface area contributed by atoms with E-state index in [-0.39, 0.29) is 5.41 Å². The molecule has 0 amide bonds. The van der Waals surface area contributed by atoms with Gasteiger partial charge in [-0.1, -0.05) is 37.3 Å². The van der Waals surface area contributed by atoms with E-state index in [2.05, 4.69) is 35.8 Å². The van der Waals surface area contributed by atoms with E-state index in [0.29, 0.717) is 11.5 Å². The van der Waals surface area contributed by atoms with Gasteiger partial charge in [-0.2, -0.15) is 0 Å². The van der Waals surface area contributed by atoms with Crippen LogP contribution in [0.2, 0.25) is 0 Å². The number of aromatic nitrogens is 1.